The average Bonchev–Trinajstić information content (AvgIpc) is 2.50. The summed E-state index contributed by atoms with van der Waals surface area (Å²) in [6.45, 7) is 8.68. The molecule has 15 heavy (non-hydrogen) atoms. The first-order chi connectivity index (χ1) is 7.09. The number of hydrogen-bond acceptors (Lipinski definition) is 1. The highest BCUT2D eigenvalue weighted by atomic mass is 16.5. The summed E-state index contributed by atoms with van der Waals surface area (Å²) in [5, 5.41) is 0. The van der Waals surface area contributed by atoms with Crippen molar-refractivity contribution in [2.24, 2.45) is 5.92 Å². The molecule has 0 unspecified atom stereocenters. The van der Waals surface area contributed by atoms with E-state index in [0.717, 1.165) is 0 Å². The minimum atomic E-state index is 0.214. The Morgan fingerprint density at radius 1 is 1.07 bits per heavy atom. The Balaban J connectivity index is 2.44. The molecule has 0 N–H and O–H groups in total. The monoisotopic (exact) mass is 202 g/mol. The van der Waals surface area contributed by atoms with Crippen molar-refractivity contribution >= 4 is 0 Å². The normalized spacial score (nSPS) is 24.3. The van der Waals surface area contributed by atoms with Gasteiger partial charge in [-0.05, 0) is 43.5 Å². The van der Waals surface area contributed by atoms with E-state index in [-0.39, 0.29) is 6.10 Å². The third-order valence-electron chi connectivity index (χ3n) is 3.11. The Hall–Kier alpha value is -1.24. The first kappa shape index (κ1) is 10.3. The maximum absolute atomic E-state index is 5.67. The molecule has 1 heteroatoms. The molecule has 0 radical (unpaired) electrons. The zero-order valence-corrected chi connectivity index (χ0v) is 9.87. The van der Waals surface area contributed by atoms with Gasteiger partial charge in [0.15, 0.2) is 0 Å². The molecule has 1 aliphatic heterocycles. The van der Waals surface area contributed by atoms with E-state index < -0.39 is 0 Å². The molecule has 1 heterocycles. The minimum absolute atomic E-state index is 0.214. The predicted octanol–water partition coefficient (Wildman–Crippen LogP) is 3.83. The van der Waals surface area contributed by atoms with Crippen molar-refractivity contribution in [3.05, 3.63) is 46.7 Å². The van der Waals surface area contributed by atoms with Crippen LogP contribution in [0.1, 0.15) is 35.3 Å². The Morgan fingerprint density at radius 3 is 2.13 bits per heavy atom. The summed E-state index contributed by atoms with van der Waals surface area (Å²) in [4.78, 5) is 0. The Morgan fingerprint density at radius 2 is 1.67 bits per heavy atom. The number of benzene rings is 1. The second-order valence-corrected chi connectivity index (χ2v) is 4.56. The van der Waals surface area contributed by atoms with Crippen molar-refractivity contribution < 1.29 is 4.74 Å². The smallest absolute Gasteiger partial charge is 0.129 e. The molecule has 0 amide bonds. The third kappa shape index (κ3) is 1.79. The van der Waals surface area contributed by atoms with E-state index in [0.29, 0.717) is 5.92 Å². The van der Waals surface area contributed by atoms with Crippen molar-refractivity contribution in [3.8, 4) is 0 Å². The maximum atomic E-state index is 5.67. The number of ether oxygens (including phenoxy) is 1. The molecule has 0 aromatic heterocycles. The van der Waals surface area contributed by atoms with Crippen molar-refractivity contribution in [2.45, 2.75) is 33.8 Å². The Bertz CT molecular complexity index is 381. The standard InChI is InChI=1S/C14H18O/c1-9-7-11(3)13(12(4)8-9)14-10(2)5-6-15-14/h5-8,10,14H,1-4H3/t10-,14-/m1/s1. The molecule has 1 aromatic rings. The van der Waals surface area contributed by atoms with Crippen molar-refractivity contribution in [3.63, 3.8) is 0 Å². The topological polar surface area (TPSA) is 9.23 Å². The molecule has 0 saturated carbocycles. The van der Waals surface area contributed by atoms with Crippen molar-refractivity contribution in [1.82, 2.24) is 0 Å². The van der Waals surface area contributed by atoms with Gasteiger partial charge in [0, 0.05) is 5.92 Å². The Labute approximate surface area is 91.8 Å². The summed E-state index contributed by atoms with van der Waals surface area (Å²) in [5.74, 6) is 0.477. The lowest BCUT2D eigenvalue weighted by molar-refractivity contribution is 0.141. The van der Waals surface area contributed by atoms with Crippen LogP contribution in [0.4, 0.5) is 0 Å². The van der Waals surface area contributed by atoms with Crippen LogP contribution in [0, 0.1) is 26.7 Å². The quantitative estimate of drug-likeness (QED) is 0.672. The first-order valence-electron chi connectivity index (χ1n) is 5.49. The van der Waals surface area contributed by atoms with Gasteiger partial charge in [0.2, 0.25) is 0 Å². The van der Waals surface area contributed by atoms with Crippen LogP contribution in [-0.2, 0) is 4.74 Å². The van der Waals surface area contributed by atoms with E-state index in [1.807, 2.05) is 6.26 Å². The highest BCUT2D eigenvalue weighted by Gasteiger charge is 2.25. The molecular formula is C14H18O. The van der Waals surface area contributed by atoms with E-state index in [4.69, 9.17) is 4.74 Å². The van der Waals surface area contributed by atoms with Crippen LogP contribution in [-0.4, -0.2) is 0 Å². The lowest BCUT2D eigenvalue weighted by atomic mass is 9.90. The predicted molar refractivity (Wildman–Crippen MR) is 62.8 cm³/mol. The first-order valence-corrected chi connectivity index (χ1v) is 5.49. The van der Waals surface area contributed by atoms with Gasteiger partial charge in [0.05, 0.1) is 6.26 Å². The summed E-state index contributed by atoms with van der Waals surface area (Å²) >= 11 is 0. The average molecular weight is 202 g/mol. The molecule has 0 bridgehead atoms. The maximum Gasteiger partial charge on any atom is 0.129 e. The van der Waals surface area contributed by atoms with Crippen molar-refractivity contribution in [1.29, 1.82) is 0 Å². The fraction of sp³-hybridized carbons (Fsp3) is 0.429. The van der Waals surface area contributed by atoms with E-state index in [9.17, 15) is 0 Å². The van der Waals surface area contributed by atoms with Gasteiger partial charge in [-0.2, -0.15) is 0 Å². The fourth-order valence-corrected chi connectivity index (χ4v) is 2.45. The molecule has 0 spiro atoms. The van der Waals surface area contributed by atoms with E-state index in [2.05, 4.69) is 45.9 Å². The molecule has 0 fully saturated rings. The van der Waals surface area contributed by atoms with Gasteiger partial charge in [0.1, 0.15) is 6.10 Å². The van der Waals surface area contributed by atoms with Gasteiger partial charge in [0.25, 0.3) is 0 Å². The number of rotatable bonds is 1. The lowest BCUT2D eigenvalue weighted by Gasteiger charge is -2.21. The highest BCUT2D eigenvalue weighted by molar-refractivity contribution is 5.40. The summed E-state index contributed by atoms with van der Waals surface area (Å²) in [6.07, 6.45) is 4.17. The SMILES string of the molecule is Cc1cc(C)c([C@@H]2OC=C[C@H]2C)c(C)c1. The lowest BCUT2D eigenvalue weighted by Crippen LogP contribution is -2.08. The zero-order chi connectivity index (χ0) is 11.0. The van der Waals surface area contributed by atoms with Crippen LogP contribution in [0.25, 0.3) is 0 Å². The molecule has 0 saturated heterocycles. The molecule has 80 valence electrons. The fourth-order valence-electron chi connectivity index (χ4n) is 2.45. The summed E-state index contributed by atoms with van der Waals surface area (Å²) < 4.78 is 5.67. The Kier molecular flexibility index (Phi) is 2.56. The van der Waals surface area contributed by atoms with Gasteiger partial charge >= 0.3 is 0 Å². The van der Waals surface area contributed by atoms with Gasteiger partial charge < -0.3 is 4.74 Å². The zero-order valence-electron chi connectivity index (χ0n) is 9.87. The van der Waals surface area contributed by atoms with Gasteiger partial charge in [-0.25, -0.2) is 0 Å². The van der Waals surface area contributed by atoms with Gasteiger partial charge in [-0.15, -0.1) is 0 Å². The molecule has 1 nitrogen and oxygen atoms in total. The van der Waals surface area contributed by atoms with Gasteiger partial charge in [-0.1, -0.05) is 24.6 Å². The highest BCUT2D eigenvalue weighted by Crippen LogP contribution is 2.36. The number of hydrogen-bond donors (Lipinski definition) is 0. The second kappa shape index (κ2) is 3.73. The minimum Gasteiger partial charge on any atom is -0.493 e. The summed E-state index contributed by atoms with van der Waals surface area (Å²) in [6, 6.07) is 4.47. The van der Waals surface area contributed by atoms with Gasteiger partial charge in [-0.3, -0.25) is 0 Å². The molecular weight excluding hydrogens is 184 g/mol. The molecule has 0 aliphatic carbocycles. The number of aryl methyl sites for hydroxylation is 3. The van der Waals surface area contributed by atoms with Crippen LogP contribution in [0.3, 0.4) is 0 Å². The van der Waals surface area contributed by atoms with Crippen LogP contribution < -0.4 is 0 Å². The van der Waals surface area contributed by atoms with E-state index in [1.54, 1.807) is 0 Å². The van der Waals surface area contributed by atoms with Crippen LogP contribution in [0.15, 0.2) is 24.5 Å². The van der Waals surface area contributed by atoms with Crippen LogP contribution in [0.2, 0.25) is 0 Å². The van der Waals surface area contributed by atoms with Crippen LogP contribution in [0.5, 0.6) is 0 Å². The van der Waals surface area contributed by atoms with Crippen LogP contribution >= 0.6 is 0 Å². The molecule has 2 rings (SSSR count). The summed E-state index contributed by atoms with van der Waals surface area (Å²) in [7, 11) is 0. The van der Waals surface area contributed by atoms with Crippen molar-refractivity contribution in [2.75, 3.05) is 0 Å². The molecule has 2 atom stereocenters. The second-order valence-electron chi connectivity index (χ2n) is 4.56. The summed E-state index contributed by atoms with van der Waals surface area (Å²) in [5.41, 5.74) is 5.37. The van der Waals surface area contributed by atoms with E-state index >= 15 is 0 Å². The molecule has 1 aliphatic rings. The van der Waals surface area contributed by atoms with E-state index in [1.165, 1.54) is 22.3 Å². The third-order valence-corrected chi connectivity index (χ3v) is 3.11. The molecule has 1 aromatic carbocycles. The largest absolute Gasteiger partial charge is 0.493 e.